The van der Waals surface area contributed by atoms with E-state index in [0.29, 0.717) is 0 Å². The molecule has 0 aromatic rings. The van der Waals surface area contributed by atoms with E-state index in [-0.39, 0.29) is 13.2 Å². The van der Waals surface area contributed by atoms with Gasteiger partial charge in [0.25, 0.3) is 0 Å². The molecule has 0 spiro atoms. The van der Waals surface area contributed by atoms with E-state index in [1.807, 2.05) is 0 Å². The van der Waals surface area contributed by atoms with Crippen LogP contribution in [-0.2, 0) is 18.9 Å². The summed E-state index contributed by atoms with van der Waals surface area (Å²) in [5, 5.41) is 48.4. The lowest BCUT2D eigenvalue weighted by Crippen LogP contribution is -2.57. The van der Waals surface area contributed by atoms with Gasteiger partial charge in [0, 0.05) is 7.11 Å². The average Bonchev–Trinajstić information content (AvgIpc) is 2.72. The first-order chi connectivity index (χ1) is 9.42. The van der Waals surface area contributed by atoms with Crippen LogP contribution < -0.4 is 0 Å². The van der Waals surface area contributed by atoms with Crippen molar-refractivity contribution in [3.63, 3.8) is 0 Å². The molecule has 2 fully saturated rings. The maximum atomic E-state index is 9.95. The molecule has 118 valence electrons. The van der Waals surface area contributed by atoms with Crippen LogP contribution in [0.5, 0.6) is 0 Å². The Morgan fingerprint density at radius 1 is 1.20 bits per heavy atom. The molecule has 9 nitrogen and oxygen atoms in total. The summed E-state index contributed by atoms with van der Waals surface area (Å²) in [5.74, 6) is 0. The monoisotopic (exact) mass is 296 g/mol. The lowest BCUT2D eigenvalue weighted by Gasteiger charge is -2.38. The lowest BCUT2D eigenvalue weighted by atomic mass is 10.0. The predicted octanol–water partition coefficient (Wildman–Crippen LogP) is -3.46. The van der Waals surface area contributed by atoms with E-state index >= 15 is 0 Å². The number of aliphatic hydroxyl groups excluding tert-OH is 4. The summed E-state index contributed by atoms with van der Waals surface area (Å²) in [4.78, 5) is 0. The van der Waals surface area contributed by atoms with Crippen molar-refractivity contribution in [3.05, 3.63) is 0 Å². The Morgan fingerprint density at radius 3 is 2.45 bits per heavy atom. The van der Waals surface area contributed by atoms with Crippen LogP contribution in [0.25, 0.3) is 0 Å². The van der Waals surface area contributed by atoms with E-state index < -0.39 is 49.2 Å². The standard InChI is InChI=1S/C11H20O9/c1-17-9-6(14)7(5(13)2-18-9)20-10-8(15)11(16,3-12)4-19-10/h5-10,12-16H,2-4H2,1H3/t5-,6-,7+,8+,9-,10+,11-/m1/s1. The van der Waals surface area contributed by atoms with Crippen LogP contribution in [0.2, 0.25) is 0 Å². The summed E-state index contributed by atoms with van der Waals surface area (Å²) >= 11 is 0. The zero-order chi connectivity index (χ0) is 14.9. The summed E-state index contributed by atoms with van der Waals surface area (Å²) in [7, 11) is 1.33. The van der Waals surface area contributed by atoms with E-state index in [1.165, 1.54) is 7.11 Å². The topological polar surface area (TPSA) is 138 Å². The van der Waals surface area contributed by atoms with Gasteiger partial charge in [-0.25, -0.2) is 0 Å². The van der Waals surface area contributed by atoms with E-state index in [0.717, 1.165) is 0 Å². The SMILES string of the molecule is CO[C@@H]1OC[C@@H](O)[C@H](O[C@@H]2OC[C@](O)(CO)[C@H]2O)[C@H]1O. The van der Waals surface area contributed by atoms with Gasteiger partial charge in [-0.15, -0.1) is 0 Å². The highest BCUT2D eigenvalue weighted by atomic mass is 16.7. The zero-order valence-electron chi connectivity index (χ0n) is 11.0. The Labute approximate surface area is 115 Å². The maximum absolute atomic E-state index is 9.95. The Bertz CT molecular complexity index is 327. The molecule has 2 saturated heterocycles. The quantitative estimate of drug-likeness (QED) is 0.358. The van der Waals surface area contributed by atoms with Gasteiger partial charge in [-0.05, 0) is 0 Å². The minimum atomic E-state index is -1.83. The van der Waals surface area contributed by atoms with Gasteiger partial charge in [0.1, 0.15) is 30.0 Å². The van der Waals surface area contributed by atoms with Crippen LogP contribution in [0.15, 0.2) is 0 Å². The minimum absolute atomic E-state index is 0.118. The third-order valence-corrected chi connectivity index (χ3v) is 3.53. The number of hydrogen-bond acceptors (Lipinski definition) is 9. The molecule has 0 radical (unpaired) electrons. The molecule has 2 rings (SSSR count). The molecule has 7 atom stereocenters. The van der Waals surface area contributed by atoms with Crippen molar-refractivity contribution in [2.45, 2.75) is 42.6 Å². The Morgan fingerprint density at radius 2 is 1.90 bits per heavy atom. The van der Waals surface area contributed by atoms with Gasteiger partial charge >= 0.3 is 0 Å². The molecule has 20 heavy (non-hydrogen) atoms. The molecular formula is C11H20O9. The molecule has 2 aliphatic rings. The molecule has 0 bridgehead atoms. The van der Waals surface area contributed by atoms with Crippen molar-refractivity contribution < 1.29 is 44.5 Å². The van der Waals surface area contributed by atoms with Gasteiger partial charge < -0.3 is 44.5 Å². The fourth-order valence-corrected chi connectivity index (χ4v) is 2.21. The van der Waals surface area contributed by atoms with Gasteiger partial charge in [0.15, 0.2) is 12.6 Å². The highest BCUT2D eigenvalue weighted by Gasteiger charge is 2.51. The number of ether oxygens (including phenoxy) is 4. The van der Waals surface area contributed by atoms with E-state index in [1.54, 1.807) is 0 Å². The van der Waals surface area contributed by atoms with Gasteiger partial charge in [0.2, 0.25) is 0 Å². The molecule has 5 N–H and O–H groups in total. The van der Waals surface area contributed by atoms with Gasteiger partial charge in [-0.1, -0.05) is 0 Å². The second kappa shape index (κ2) is 6.18. The summed E-state index contributed by atoms with van der Waals surface area (Å²) < 4.78 is 20.3. The van der Waals surface area contributed by atoms with Crippen LogP contribution in [-0.4, -0.2) is 95.1 Å². The zero-order valence-corrected chi connectivity index (χ0v) is 11.0. The molecule has 0 amide bonds. The van der Waals surface area contributed by atoms with Gasteiger partial charge in [-0.3, -0.25) is 0 Å². The first-order valence-electron chi connectivity index (χ1n) is 6.22. The second-order valence-corrected chi connectivity index (χ2v) is 4.98. The maximum Gasteiger partial charge on any atom is 0.187 e. The van der Waals surface area contributed by atoms with E-state index in [9.17, 15) is 20.4 Å². The molecule has 0 aliphatic carbocycles. The fraction of sp³-hybridized carbons (Fsp3) is 1.00. The predicted molar refractivity (Wildman–Crippen MR) is 61.4 cm³/mol. The summed E-state index contributed by atoms with van der Waals surface area (Å²) in [6.07, 6.45) is -7.31. The molecule has 0 aromatic carbocycles. The largest absolute Gasteiger partial charge is 0.393 e. The third-order valence-electron chi connectivity index (χ3n) is 3.53. The number of aliphatic hydroxyl groups is 5. The van der Waals surface area contributed by atoms with Gasteiger partial charge in [0.05, 0.1) is 19.8 Å². The van der Waals surface area contributed by atoms with Crippen LogP contribution >= 0.6 is 0 Å². The smallest absolute Gasteiger partial charge is 0.187 e. The van der Waals surface area contributed by atoms with Crippen LogP contribution in [0.1, 0.15) is 0 Å². The van der Waals surface area contributed by atoms with Crippen molar-refractivity contribution in [1.82, 2.24) is 0 Å². The molecule has 2 heterocycles. The first-order valence-corrected chi connectivity index (χ1v) is 6.22. The summed E-state index contributed by atoms with van der Waals surface area (Å²) in [5.41, 5.74) is -1.83. The third kappa shape index (κ3) is 2.82. The lowest BCUT2D eigenvalue weighted by molar-refractivity contribution is -0.301. The van der Waals surface area contributed by atoms with Crippen molar-refractivity contribution in [2.75, 3.05) is 26.9 Å². The molecule has 0 unspecified atom stereocenters. The molecular weight excluding hydrogens is 276 g/mol. The van der Waals surface area contributed by atoms with Crippen LogP contribution in [0, 0.1) is 0 Å². The summed E-state index contributed by atoms with van der Waals surface area (Å²) in [6, 6.07) is 0. The average molecular weight is 296 g/mol. The number of rotatable bonds is 4. The minimum Gasteiger partial charge on any atom is -0.393 e. The van der Waals surface area contributed by atoms with Crippen molar-refractivity contribution in [3.8, 4) is 0 Å². The van der Waals surface area contributed by atoms with Crippen LogP contribution in [0.4, 0.5) is 0 Å². The van der Waals surface area contributed by atoms with Crippen molar-refractivity contribution in [1.29, 1.82) is 0 Å². The Hall–Kier alpha value is -0.360. The van der Waals surface area contributed by atoms with Crippen molar-refractivity contribution >= 4 is 0 Å². The Balaban J connectivity index is 2.01. The second-order valence-electron chi connectivity index (χ2n) is 4.98. The molecule has 0 aromatic heterocycles. The van der Waals surface area contributed by atoms with E-state index in [4.69, 9.17) is 24.1 Å². The molecule has 0 saturated carbocycles. The molecule has 9 heteroatoms. The highest BCUT2D eigenvalue weighted by Crippen LogP contribution is 2.29. The number of hydrogen-bond donors (Lipinski definition) is 5. The normalized spacial score (nSPS) is 49.5. The number of methoxy groups -OCH3 is 1. The van der Waals surface area contributed by atoms with Crippen molar-refractivity contribution in [2.24, 2.45) is 0 Å². The summed E-state index contributed by atoms with van der Waals surface area (Å²) in [6.45, 7) is -1.14. The molecule has 2 aliphatic heterocycles. The first kappa shape index (κ1) is 16.0. The Kier molecular flexibility index (Phi) is 4.95. The van der Waals surface area contributed by atoms with Crippen LogP contribution in [0.3, 0.4) is 0 Å². The van der Waals surface area contributed by atoms with E-state index in [2.05, 4.69) is 0 Å². The van der Waals surface area contributed by atoms with Gasteiger partial charge in [-0.2, -0.15) is 0 Å². The fourth-order valence-electron chi connectivity index (χ4n) is 2.21. The highest BCUT2D eigenvalue weighted by molar-refractivity contribution is 4.95.